The molecule has 0 atom stereocenters. The summed E-state index contributed by atoms with van der Waals surface area (Å²) < 4.78 is 5.44. The number of fused-ring (bicyclic) bond motifs is 12. The molecule has 0 spiro atoms. The standard InChI is InChI=1S/C58H34S2/c1-2-17-40-35(13-1)14-12-25-41(40)38-15-11-16-39(33-38)55-46-22-7-5-20-44(46)54(45-21-6-8-23-47(45)55)37-29-27-36(28-30-37)50-34-53-56(43-19-4-3-18-42(43)50)49-31-32-52-57(58(49)60-53)48-24-9-10-26-51(48)59-52/h1-34H. The number of rotatable bonds is 4. The highest BCUT2D eigenvalue weighted by Crippen LogP contribution is 2.49. The lowest BCUT2D eigenvalue weighted by Crippen LogP contribution is -1.91. The van der Waals surface area contributed by atoms with Gasteiger partial charge in [-0.3, -0.25) is 0 Å². The second-order valence-corrected chi connectivity index (χ2v) is 18.0. The summed E-state index contributed by atoms with van der Waals surface area (Å²) in [6.45, 7) is 0. The fraction of sp³-hybridized carbons (Fsp3) is 0. The molecule has 2 heterocycles. The number of benzene rings is 11. The van der Waals surface area contributed by atoms with Gasteiger partial charge in [0.25, 0.3) is 0 Å². The highest BCUT2D eigenvalue weighted by Gasteiger charge is 2.20. The van der Waals surface area contributed by atoms with Crippen LogP contribution in [0.3, 0.4) is 0 Å². The van der Waals surface area contributed by atoms with Gasteiger partial charge in [-0.05, 0) is 112 Å². The fourth-order valence-electron chi connectivity index (χ4n) is 10.0. The Morgan fingerprint density at radius 3 is 1.57 bits per heavy atom. The molecule has 0 aliphatic heterocycles. The Hall–Kier alpha value is -7.10. The average Bonchev–Trinajstić information content (AvgIpc) is 3.89. The zero-order valence-corrected chi connectivity index (χ0v) is 34.1. The maximum Gasteiger partial charge on any atom is 0.0448 e. The SMILES string of the molecule is c1cc(-c2cccc3ccccc23)cc(-c2c3ccccc3c(-c3ccc(-c4cc5sc6c(ccc7sc8ccccc8c76)c5c5ccccc45)cc3)c3ccccc23)c1. The van der Waals surface area contributed by atoms with Gasteiger partial charge in [-0.15, -0.1) is 22.7 Å². The minimum atomic E-state index is 1.22. The summed E-state index contributed by atoms with van der Waals surface area (Å²) in [5, 5.41) is 15.7. The average molecular weight is 795 g/mol. The van der Waals surface area contributed by atoms with Crippen LogP contribution in [-0.4, -0.2) is 0 Å². The first-order valence-corrected chi connectivity index (χ1v) is 22.2. The highest BCUT2D eigenvalue weighted by atomic mass is 32.1. The molecule has 0 aliphatic carbocycles. The van der Waals surface area contributed by atoms with E-state index in [0.29, 0.717) is 0 Å². The van der Waals surface area contributed by atoms with Gasteiger partial charge in [0.1, 0.15) is 0 Å². The van der Waals surface area contributed by atoms with Crippen LogP contribution in [-0.2, 0) is 0 Å². The van der Waals surface area contributed by atoms with E-state index >= 15 is 0 Å². The molecule has 0 saturated carbocycles. The molecule has 278 valence electrons. The molecule has 13 rings (SSSR count). The predicted molar refractivity (Wildman–Crippen MR) is 264 cm³/mol. The lowest BCUT2D eigenvalue weighted by Gasteiger charge is -2.18. The van der Waals surface area contributed by atoms with E-state index < -0.39 is 0 Å². The van der Waals surface area contributed by atoms with Crippen molar-refractivity contribution in [1.29, 1.82) is 0 Å². The van der Waals surface area contributed by atoms with Crippen LogP contribution in [0.25, 0.3) is 128 Å². The fourth-order valence-corrected chi connectivity index (χ4v) is 12.5. The first kappa shape index (κ1) is 33.8. The molecule has 0 N–H and O–H groups in total. The third kappa shape index (κ3) is 5.02. The second-order valence-electron chi connectivity index (χ2n) is 15.9. The van der Waals surface area contributed by atoms with Crippen molar-refractivity contribution in [2.45, 2.75) is 0 Å². The minimum Gasteiger partial charge on any atom is -0.135 e. The van der Waals surface area contributed by atoms with Crippen LogP contribution in [0.4, 0.5) is 0 Å². The molecule has 0 amide bonds. The highest BCUT2D eigenvalue weighted by molar-refractivity contribution is 7.30. The molecular weight excluding hydrogens is 761 g/mol. The molecular formula is C58H34S2. The van der Waals surface area contributed by atoms with E-state index in [1.54, 1.807) is 0 Å². The van der Waals surface area contributed by atoms with E-state index in [1.165, 1.54) is 128 Å². The zero-order valence-electron chi connectivity index (χ0n) is 32.4. The van der Waals surface area contributed by atoms with Crippen LogP contribution >= 0.6 is 22.7 Å². The van der Waals surface area contributed by atoms with Crippen molar-refractivity contribution >= 4 is 106 Å². The summed E-state index contributed by atoms with van der Waals surface area (Å²) >= 11 is 3.84. The van der Waals surface area contributed by atoms with Gasteiger partial charge in [0, 0.05) is 40.3 Å². The lowest BCUT2D eigenvalue weighted by molar-refractivity contribution is 1.63. The number of thiophene rings is 2. The van der Waals surface area contributed by atoms with Crippen molar-refractivity contribution < 1.29 is 0 Å². The normalized spacial score (nSPS) is 12.0. The van der Waals surface area contributed by atoms with E-state index in [9.17, 15) is 0 Å². The topological polar surface area (TPSA) is 0 Å². The van der Waals surface area contributed by atoms with Crippen LogP contribution in [0.5, 0.6) is 0 Å². The molecule has 0 aliphatic rings. The van der Waals surface area contributed by atoms with Crippen LogP contribution < -0.4 is 0 Å². The first-order chi connectivity index (χ1) is 29.8. The first-order valence-electron chi connectivity index (χ1n) is 20.6. The van der Waals surface area contributed by atoms with Gasteiger partial charge in [-0.25, -0.2) is 0 Å². The Morgan fingerprint density at radius 1 is 0.250 bits per heavy atom. The van der Waals surface area contributed by atoms with Gasteiger partial charge in [0.05, 0.1) is 0 Å². The van der Waals surface area contributed by atoms with Crippen molar-refractivity contribution in [1.82, 2.24) is 0 Å². The molecule has 11 aromatic carbocycles. The van der Waals surface area contributed by atoms with Crippen LogP contribution in [0, 0.1) is 0 Å². The van der Waals surface area contributed by atoms with Gasteiger partial charge in [-0.1, -0.05) is 182 Å². The molecule has 60 heavy (non-hydrogen) atoms. The number of hydrogen-bond donors (Lipinski definition) is 0. The van der Waals surface area contributed by atoms with E-state index in [-0.39, 0.29) is 0 Å². The van der Waals surface area contributed by atoms with Gasteiger partial charge >= 0.3 is 0 Å². The zero-order chi connectivity index (χ0) is 39.3. The maximum absolute atomic E-state index is 2.45. The quantitative estimate of drug-likeness (QED) is 0.156. The maximum atomic E-state index is 2.45. The van der Waals surface area contributed by atoms with Crippen molar-refractivity contribution in [2.75, 3.05) is 0 Å². The smallest absolute Gasteiger partial charge is 0.0448 e. The third-order valence-corrected chi connectivity index (χ3v) is 15.0. The Balaban J connectivity index is 0.976. The molecule has 0 radical (unpaired) electrons. The molecule has 0 unspecified atom stereocenters. The Morgan fingerprint density at radius 2 is 0.817 bits per heavy atom. The van der Waals surface area contributed by atoms with E-state index in [4.69, 9.17) is 0 Å². The van der Waals surface area contributed by atoms with Gasteiger partial charge in [0.2, 0.25) is 0 Å². The van der Waals surface area contributed by atoms with Crippen LogP contribution in [0.15, 0.2) is 206 Å². The lowest BCUT2D eigenvalue weighted by atomic mass is 9.85. The largest absolute Gasteiger partial charge is 0.135 e. The van der Waals surface area contributed by atoms with Gasteiger partial charge < -0.3 is 0 Å². The van der Waals surface area contributed by atoms with Gasteiger partial charge in [-0.2, -0.15) is 0 Å². The second kappa shape index (κ2) is 13.2. The summed E-state index contributed by atoms with van der Waals surface area (Å²) in [5.74, 6) is 0. The van der Waals surface area contributed by atoms with Crippen molar-refractivity contribution in [2.24, 2.45) is 0 Å². The van der Waals surface area contributed by atoms with Crippen LogP contribution in [0.2, 0.25) is 0 Å². The summed E-state index contributed by atoms with van der Waals surface area (Å²) in [7, 11) is 0. The summed E-state index contributed by atoms with van der Waals surface area (Å²) in [4.78, 5) is 0. The molecule has 0 bridgehead atoms. The third-order valence-electron chi connectivity index (χ3n) is 12.7. The Labute approximate surface area is 354 Å². The number of hydrogen-bond acceptors (Lipinski definition) is 2. The van der Waals surface area contributed by atoms with Crippen molar-refractivity contribution in [3.05, 3.63) is 206 Å². The summed E-state index contributed by atoms with van der Waals surface area (Å²) in [6, 6.07) is 76.7. The molecule has 0 saturated heterocycles. The van der Waals surface area contributed by atoms with E-state index in [0.717, 1.165) is 0 Å². The minimum absolute atomic E-state index is 1.22. The molecule has 2 heteroatoms. The monoisotopic (exact) mass is 794 g/mol. The molecule has 13 aromatic rings. The molecule has 0 nitrogen and oxygen atoms in total. The summed E-state index contributed by atoms with van der Waals surface area (Å²) in [5.41, 5.74) is 10.00. The predicted octanol–water partition coefficient (Wildman–Crippen LogP) is 17.7. The Kier molecular flexibility index (Phi) is 7.45. The Bertz CT molecular complexity index is 3820. The van der Waals surface area contributed by atoms with Crippen LogP contribution in [0.1, 0.15) is 0 Å². The summed E-state index contributed by atoms with van der Waals surface area (Å²) in [6.07, 6.45) is 0. The van der Waals surface area contributed by atoms with Crippen molar-refractivity contribution in [3.63, 3.8) is 0 Å². The van der Waals surface area contributed by atoms with E-state index in [1.807, 2.05) is 22.7 Å². The molecule has 0 fully saturated rings. The van der Waals surface area contributed by atoms with Crippen molar-refractivity contribution in [3.8, 4) is 44.5 Å². The molecule has 2 aromatic heterocycles. The van der Waals surface area contributed by atoms with E-state index in [2.05, 4.69) is 206 Å². The van der Waals surface area contributed by atoms with Gasteiger partial charge in [0.15, 0.2) is 0 Å².